The third-order valence-electron chi connectivity index (χ3n) is 5.45. The lowest BCUT2D eigenvalue weighted by atomic mass is 9.45. The number of nitrogens with two attached hydrogens (primary N) is 1. The van der Waals surface area contributed by atoms with Gasteiger partial charge in [-0.15, -0.1) is 0 Å². The van der Waals surface area contributed by atoms with Crippen molar-refractivity contribution in [2.45, 2.75) is 32.1 Å². The predicted octanol–water partition coefficient (Wildman–Crippen LogP) is 1.47. The first-order valence-corrected chi connectivity index (χ1v) is 6.09. The lowest BCUT2D eigenvalue weighted by Gasteiger charge is -2.59. The summed E-state index contributed by atoms with van der Waals surface area (Å²) in [7, 11) is 0. The first-order valence-electron chi connectivity index (χ1n) is 6.09. The Labute approximate surface area is 90.0 Å². The van der Waals surface area contributed by atoms with Crippen molar-refractivity contribution in [2.24, 2.45) is 34.8 Å². The van der Waals surface area contributed by atoms with Crippen LogP contribution in [0.5, 0.6) is 0 Å². The Morgan fingerprint density at radius 2 is 2.13 bits per heavy atom. The van der Waals surface area contributed by atoms with E-state index in [1.807, 2.05) is 0 Å². The molecule has 0 radical (unpaired) electrons. The minimum Gasteiger partial charge on any atom is -0.481 e. The molecular weight excluding hydrogens is 190 g/mol. The quantitative estimate of drug-likeness (QED) is 0.740. The van der Waals surface area contributed by atoms with Gasteiger partial charge in [-0.2, -0.15) is 0 Å². The van der Waals surface area contributed by atoms with Crippen LogP contribution in [0.1, 0.15) is 32.1 Å². The summed E-state index contributed by atoms with van der Waals surface area (Å²) in [6.45, 7) is 0.581. The summed E-state index contributed by atoms with van der Waals surface area (Å²) >= 11 is 0. The maximum absolute atomic E-state index is 11.0. The van der Waals surface area contributed by atoms with Gasteiger partial charge in [0, 0.05) is 0 Å². The van der Waals surface area contributed by atoms with Crippen LogP contribution in [-0.4, -0.2) is 17.6 Å². The van der Waals surface area contributed by atoms with Gasteiger partial charge in [0.15, 0.2) is 0 Å². The average Bonchev–Trinajstić information content (AvgIpc) is 2.40. The van der Waals surface area contributed by atoms with Gasteiger partial charge in [0.2, 0.25) is 0 Å². The summed E-state index contributed by atoms with van der Waals surface area (Å²) in [5.74, 6) is 2.32. The van der Waals surface area contributed by atoms with E-state index in [4.69, 9.17) is 10.8 Å². The Bertz CT molecular complexity index is 296. The normalized spacial score (nSPS) is 51.3. The van der Waals surface area contributed by atoms with Crippen LogP contribution in [0.3, 0.4) is 0 Å². The SMILES string of the molecule is NC[C@@]1(CC(=O)O)C2CC[C@H]3C[C@@H]2[C@@H]1C3. The topological polar surface area (TPSA) is 63.3 Å². The van der Waals surface area contributed by atoms with Crippen LogP contribution in [0, 0.1) is 29.1 Å². The summed E-state index contributed by atoms with van der Waals surface area (Å²) in [5, 5.41) is 9.04. The Morgan fingerprint density at radius 3 is 2.80 bits per heavy atom. The molecule has 0 amide bonds. The highest BCUT2D eigenvalue weighted by atomic mass is 16.4. The van der Waals surface area contributed by atoms with E-state index in [1.54, 1.807) is 0 Å². The van der Waals surface area contributed by atoms with E-state index in [2.05, 4.69) is 0 Å². The van der Waals surface area contributed by atoms with E-state index in [9.17, 15) is 4.79 Å². The van der Waals surface area contributed by atoms with E-state index in [0.29, 0.717) is 24.8 Å². The lowest BCUT2D eigenvalue weighted by molar-refractivity contribution is -0.156. The molecule has 3 aliphatic rings. The molecule has 1 unspecified atom stereocenters. The molecule has 15 heavy (non-hydrogen) atoms. The summed E-state index contributed by atoms with van der Waals surface area (Å²) in [6, 6.07) is 0. The zero-order valence-corrected chi connectivity index (χ0v) is 8.98. The number of carbonyl (C=O) groups is 1. The molecule has 84 valence electrons. The zero-order chi connectivity index (χ0) is 10.6. The Balaban J connectivity index is 1.88. The zero-order valence-electron chi connectivity index (χ0n) is 8.98. The number of fused-ring (bicyclic) bond motifs is 1. The highest BCUT2D eigenvalue weighted by Gasteiger charge is 2.65. The van der Waals surface area contributed by atoms with Gasteiger partial charge in [-0.25, -0.2) is 0 Å². The fourth-order valence-corrected chi connectivity index (χ4v) is 4.94. The minimum absolute atomic E-state index is 0.0260. The van der Waals surface area contributed by atoms with Crippen molar-refractivity contribution < 1.29 is 9.90 Å². The lowest BCUT2D eigenvalue weighted by Crippen LogP contribution is -2.59. The largest absolute Gasteiger partial charge is 0.481 e. The molecule has 3 rings (SSSR count). The standard InChI is InChI=1S/C12H19NO2/c13-6-12(5-11(14)15)9-2-1-7-3-8(9)10(12)4-7/h7-10H,1-6,13H2,(H,14,15)/t7-,8-,9?,10-,12-/m0/s1. The molecule has 0 aromatic heterocycles. The maximum atomic E-state index is 11.0. The Hall–Kier alpha value is -0.570. The molecule has 3 heteroatoms. The van der Waals surface area contributed by atoms with Crippen molar-refractivity contribution in [3.05, 3.63) is 0 Å². The van der Waals surface area contributed by atoms with E-state index < -0.39 is 5.97 Å². The number of carboxylic acids is 1. The summed E-state index contributed by atoms with van der Waals surface area (Å²) in [4.78, 5) is 11.0. The molecule has 5 atom stereocenters. The number of hydrogen-bond acceptors (Lipinski definition) is 2. The Morgan fingerprint density at radius 1 is 1.33 bits per heavy atom. The van der Waals surface area contributed by atoms with Gasteiger partial charge < -0.3 is 10.8 Å². The summed E-state index contributed by atoms with van der Waals surface area (Å²) in [5.41, 5.74) is 5.87. The van der Waals surface area contributed by atoms with Crippen molar-refractivity contribution in [3.63, 3.8) is 0 Å². The molecule has 3 fully saturated rings. The number of hydrogen-bond donors (Lipinski definition) is 2. The van der Waals surface area contributed by atoms with Crippen molar-refractivity contribution in [1.82, 2.24) is 0 Å². The molecule has 3 nitrogen and oxygen atoms in total. The van der Waals surface area contributed by atoms with Gasteiger partial charge in [0.25, 0.3) is 0 Å². The smallest absolute Gasteiger partial charge is 0.303 e. The first-order chi connectivity index (χ1) is 7.17. The number of rotatable bonds is 3. The molecule has 2 bridgehead atoms. The minimum atomic E-state index is -0.658. The Kier molecular flexibility index (Phi) is 1.91. The van der Waals surface area contributed by atoms with Crippen LogP contribution in [0.2, 0.25) is 0 Å². The molecule has 3 N–H and O–H groups in total. The van der Waals surface area contributed by atoms with E-state index in [1.165, 1.54) is 25.7 Å². The second-order valence-corrected chi connectivity index (χ2v) is 5.80. The third kappa shape index (κ3) is 1.07. The second kappa shape index (κ2) is 2.97. The molecule has 0 saturated heterocycles. The van der Waals surface area contributed by atoms with Crippen LogP contribution < -0.4 is 5.73 Å². The summed E-state index contributed by atoms with van der Waals surface area (Å²) in [6.07, 6.45) is 5.47. The van der Waals surface area contributed by atoms with Crippen LogP contribution in [0.4, 0.5) is 0 Å². The van der Waals surface area contributed by atoms with E-state index in [0.717, 1.165) is 11.8 Å². The van der Waals surface area contributed by atoms with Crippen LogP contribution in [0.15, 0.2) is 0 Å². The van der Waals surface area contributed by atoms with Gasteiger partial charge in [-0.1, -0.05) is 6.42 Å². The molecule has 0 aromatic rings. The van der Waals surface area contributed by atoms with E-state index >= 15 is 0 Å². The number of carboxylic acid groups (broad SMARTS) is 1. The molecule has 0 spiro atoms. The first kappa shape index (κ1) is 9.64. The molecule has 3 saturated carbocycles. The highest BCUT2D eigenvalue weighted by Crippen LogP contribution is 2.70. The molecule has 0 aliphatic heterocycles. The van der Waals surface area contributed by atoms with Crippen molar-refractivity contribution in [1.29, 1.82) is 0 Å². The van der Waals surface area contributed by atoms with Crippen LogP contribution >= 0.6 is 0 Å². The molecule has 0 aromatic carbocycles. The van der Waals surface area contributed by atoms with Crippen LogP contribution in [-0.2, 0) is 4.79 Å². The van der Waals surface area contributed by atoms with Gasteiger partial charge in [-0.05, 0) is 54.9 Å². The predicted molar refractivity (Wildman–Crippen MR) is 56.2 cm³/mol. The van der Waals surface area contributed by atoms with Gasteiger partial charge >= 0.3 is 5.97 Å². The fraction of sp³-hybridized carbons (Fsp3) is 0.917. The maximum Gasteiger partial charge on any atom is 0.303 e. The average molecular weight is 209 g/mol. The monoisotopic (exact) mass is 209 g/mol. The van der Waals surface area contributed by atoms with Crippen molar-refractivity contribution in [2.75, 3.05) is 6.54 Å². The van der Waals surface area contributed by atoms with Crippen molar-refractivity contribution in [3.8, 4) is 0 Å². The van der Waals surface area contributed by atoms with Crippen LogP contribution in [0.25, 0.3) is 0 Å². The molecule has 0 heterocycles. The van der Waals surface area contributed by atoms with E-state index in [-0.39, 0.29) is 5.41 Å². The second-order valence-electron chi connectivity index (χ2n) is 5.80. The fourth-order valence-electron chi connectivity index (χ4n) is 4.94. The van der Waals surface area contributed by atoms with Gasteiger partial charge in [0.05, 0.1) is 6.42 Å². The van der Waals surface area contributed by atoms with Gasteiger partial charge in [-0.3, -0.25) is 4.79 Å². The highest BCUT2D eigenvalue weighted by molar-refractivity contribution is 5.68. The summed E-state index contributed by atoms with van der Waals surface area (Å²) < 4.78 is 0. The van der Waals surface area contributed by atoms with Crippen molar-refractivity contribution >= 4 is 5.97 Å². The molecule has 3 aliphatic carbocycles. The van der Waals surface area contributed by atoms with Gasteiger partial charge in [0.1, 0.15) is 0 Å². The number of aliphatic carboxylic acids is 1. The third-order valence-corrected chi connectivity index (χ3v) is 5.45. The molecular formula is C12H19NO2.